The van der Waals surface area contributed by atoms with Crippen molar-refractivity contribution in [3.63, 3.8) is 0 Å². The number of fused-ring (bicyclic) bond motifs is 1. The molecule has 1 heteroatoms. The molecule has 0 spiro atoms. The van der Waals surface area contributed by atoms with Gasteiger partial charge in [-0.3, -0.25) is 0 Å². The summed E-state index contributed by atoms with van der Waals surface area (Å²) in [5.74, 6) is 1.39. The minimum Gasteiger partial charge on any atom is -0.390 e. The lowest BCUT2D eigenvalue weighted by molar-refractivity contribution is 0.0426. The van der Waals surface area contributed by atoms with Gasteiger partial charge >= 0.3 is 0 Å². The first kappa shape index (κ1) is 7.60. The number of rotatable bonds is 1. The summed E-state index contributed by atoms with van der Waals surface area (Å²) in [7, 11) is 0. The molecule has 1 nitrogen and oxygen atoms in total. The molecule has 0 heterocycles. The molecule has 2 fully saturated rings. The van der Waals surface area contributed by atoms with E-state index in [1.165, 1.54) is 12.8 Å². The predicted molar refractivity (Wildman–Crippen MR) is 45.2 cm³/mol. The maximum atomic E-state index is 9.92. The van der Waals surface area contributed by atoms with Crippen LogP contribution in [0.3, 0.4) is 0 Å². The van der Waals surface area contributed by atoms with Crippen LogP contribution in [0.1, 0.15) is 40.0 Å². The molecule has 0 saturated heterocycles. The monoisotopic (exact) mass is 154 g/mol. The van der Waals surface area contributed by atoms with Crippen LogP contribution in [0.15, 0.2) is 0 Å². The van der Waals surface area contributed by atoms with Gasteiger partial charge in [0.25, 0.3) is 0 Å². The van der Waals surface area contributed by atoms with Gasteiger partial charge in [-0.2, -0.15) is 0 Å². The van der Waals surface area contributed by atoms with Crippen molar-refractivity contribution in [2.45, 2.75) is 45.6 Å². The highest BCUT2D eigenvalue weighted by Gasteiger charge is 2.67. The molecule has 2 aliphatic rings. The fraction of sp³-hybridized carbons (Fsp3) is 1.00. The van der Waals surface area contributed by atoms with Crippen molar-refractivity contribution in [3.8, 4) is 0 Å². The summed E-state index contributed by atoms with van der Waals surface area (Å²) in [6.45, 7) is 6.59. The molecule has 1 unspecified atom stereocenters. The van der Waals surface area contributed by atoms with E-state index in [-0.39, 0.29) is 5.60 Å². The molecule has 3 atom stereocenters. The molecule has 11 heavy (non-hydrogen) atoms. The highest BCUT2D eigenvalue weighted by molar-refractivity contribution is 5.16. The maximum Gasteiger partial charge on any atom is 0.0653 e. The zero-order valence-electron chi connectivity index (χ0n) is 7.72. The van der Waals surface area contributed by atoms with Crippen LogP contribution >= 0.6 is 0 Å². The number of aliphatic hydroxyl groups is 1. The number of hydrogen-bond acceptors (Lipinski definition) is 1. The number of hydrogen-bond donors (Lipinski definition) is 1. The standard InChI is InChI=1S/C10H18O/c1-7(2)10-5-4-9(3,11)8(10)6-10/h7-8,11H,4-6H2,1-3H3/t8?,9-,10-/m0/s1. The first-order valence-electron chi connectivity index (χ1n) is 4.71. The van der Waals surface area contributed by atoms with E-state index in [0.717, 1.165) is 12.3 Å². The molecule has 0 aliphatic heterocycles. The SMILES string of the molecule is CC(C)[C@@]12CC[C@](C)(O)C1C2. The van der Waals surface area contributed by atoms with Crippen molar-refractivity contribution < 1.29 is 5.11 Å². The minimum absolute atomic E-state index is 0.329. The molecule has 0 aromatic rings. The van der Waals surface area contributed by atoms with Crippen molar-refractivity contribution in [3.05, 3.63) is 0 Å². The van der Waals surface area contributed by atoms with Gasteiger partial charge in [0.1, 0.15) is 0 Å². The van der Waals surface area contributed by atoms with Crippen LogP contribution in [0.5, 0.6) is 0 Å². The Kier molecular flexibility index (Phi) is 1.26. The molecule has 0 amide bonds. The van der Waals surface area contributed by atoms with Gasteiger partial charge in [0, 0.05) is 0 Å². The summed E-state index contributed by atoms with van der Waals surface area (Å²) in [6, 6.07) is 0. The first-order valence-corrected chi connectivity index (χ1v) is 4.71. The Hall–Kier alpha value is -0.0400. The molecular weight excluding hydrogens is 136 g/mol. The summed E-state index contributed by atoms with van der Waals surface area (Å²) < 4.78 is 0. The third-order valence-corrected chi connectivity index (χ3v) is 4.12. The molecule has 0 bridgehead atoms. The molecule has 2 aliphatic carbocycles. The fourth-order valence-electron chi connectivity index (χ4n) is 3.02. The second-order valence-corrected chi connectivity index (χ2v) is 5.00. The molecule has 2 saturated carbocycles. The van der Waals surface area contributed by atoms with Crippen molar-refractivity contribution in [1.82, 2.24) is 0 Å². The van der Waals surface area contributed by atoms with Crippen molar-refractivity contribution in [1.29, 1.82) is 0 Å². The Morgan fingerprint density at radius 2 is 2.00 bits per heavy atom. The predicted octanol–water partition coefficient (Wildman–Crippen LogP) is 2.19. The van der Waals surface area contributed by atoms with Gasteiger partial charge in [0.15, 0.2) is 0 Å². The zero-order valence-corrected chi connectivity index (χ0v) is 7.72. The van der Waals surface area contributed by atoms with E-state index >= 15 is 0 Å². The van der Waals surface area contributed by atoms with E-state index in [1.807, 2.05) is 6.92 Å². The Labute approximate surface area is 68.8 Å². The van der Waals surface area contributed by atoms with E-state index in [4.69, 9.17) is 0 Å². The van der Waals surface area contributed by atoms with Gasteiger partial charge in [-0.25, -0.2) is 0 Å². The molecule has 1 N–H and O–H groups in total. The van der Waals surface area contributed by atoms with Gasteiger partial charge in [-0.1, -0.05) is 13.8 Å². The van der Waals surface area contributed by atoms with E-state index in [9.17, 15) is 5.11 Å². The van der Waals surface area contributed by atoms with Crippen LogP contribution in [-0.4, -0.2) is 10.7 Å². The Bertz CT molecular complexity index is 183. The summed E-state index contributed by atoms with van der Waals surface area (Å²) in [4.78, 5) is 0. The molecule has 0 aromatic heterocycles. The quantitative estimate of drug-likeness (QED) is 0.614. The van der Waals surface area contributed by atoms with Crippen LogP contribution in [-0.2, 0) is 0 Å². The fourth-order valence-corrected chi connectivity index (χ4v) is 3.02. The van der Waals surface area contributed by atoms with Crippen LogP contribution in [0.25, 0.3) is 0 Å². The topological polar surface area (TPSA) is 20.2 Å². The highest BCUT2D eigenvalue weighted by Crippen LogP contribution is 2.70. The molecule has 0 radical (unpaired) electrons. The second-order valence-electron chi connectivity index (χ2n) is 5.00. The lowest BCUT2D eigenvalue weighted by atomic mass is 9.90. The third-order valence-electron chi connectivity index (χ3n) is 4.12. The highest BCUT2D eigenvalue weighted by atomic mass is 16.3. The van der Waals surface area contributed by atoms with Crippen molar-refractivity contribution in [2.75, 3.05) is 0 Å². The molecule has 0 aromatic carbocycles. The third kappa shape index (κ3) is 0.807. The smallest absolute Gasteiger partial charge is 0.0653 e. The molecule has 64 valence electrons. The average molecular weight is 154 g/mol. The second kappa shape index (κ2) is 1.82. The lowest BCUT2D eigenvalue weighted by Gasteiger charge is -2.17. The van der Waals surface area contributed by atoms with Gasteiger partial charge in [-0.05, 0) is 43.4 Å². The van der Waals surface area contributed by atoms with Gasteiger partial charge in [-0.15, -0.1) is 0 Å². The Morgan fingerprint density at radius 3 is 2.18 bits per heavy atom. The first-order chi connectivity index (χ1) is 4.99. The summed E-state index contributed by atoms with van der Waals surface area (Å²) >= 11 is 0. The zero-order chi connectivity index (χ0) is 8.28. The van der Waals surface area contributed by atoms with Gasteiger partial charge < -0.3 is 5.11 Å². The van der Waals surface area contributed by atoms with Crippen molar-refractivity contribution >= 4 is 0 Å². The van der Waals surface area contributed by atoms with Gasteiger partial charge in [0.05, 0.1) is 5.60 Å². The van der Waals surface area contributed by atoms with E-state index in [0.29, 0.717) is 11.3 Å². The van der Waals surface area contributed by atoms with Crippen molar-refractivity contribution in [2.24, 2.45) is 17.3 Å². The Morgan fingerprint density at radius 1 is 1.36 bits per heavy atom. The van der Waals surface area contributed by atoms with Crippen LogP contribution < -0.4 is 0 Å². The molecule has 2 rings (SSSR count). The largest absolute Gasteiger partial charge is 0.390 e. The van der Waals surface area contributed by atoms with E-state index in [2.05, 4.69) is 13.8 Å². The minimum atomic E-state index is -0.329. The van der Waals surface area contributed by atoms with Crippen LogP contribution in [0.4, 0.5) is 0 Å². The van der Waals surface area contributed by atoms with Crippen LogP contribution in [0.2, 0.25) is 0 Å². The normalized spacial score (nSPS) is 54.8. The van der Waals surface area contributed by atoms with E-state index < -0.39 is 0 Å². The Balaban J connectivity index is 2.17. The summed E-state index contributed by atoms with van der Waals surface area (Å²) in [6.07, 6.45) is 3.55. The van der Waals surface area contributed by atoms with E-state index in [1.54, 1.807) is 0 Å². The average Bonchev–Trinajstić information content (AvgIpc) is 2.54. The lowest BCUT2D eigenvalue weighted by Crippen LogP contribution is -2.23. The molecular formula is C10H18O. The van der Waals surface area contributed by atoms with Gasteiger partial charge in [0.2, 0.25) is 0 Å². The summed E-state index contributed by atoms with van der Waals surface area (Å²) in [5, 5.41) is 9.92. The maximum absolute atomic E-state index is 9.92. The van der Waals surface area contributed by atoms with Crippen LogP contribution in [0, 0.1) is 17.3 Å². The summed E-state index contributed by atoms with van der Waals surface area (Å²) in [5.41, 5.74) is 0.216.